The fourth-order valence-corrected chi connectivity index (χ4v) is 3.23. The monoisotopic (exact) mass is 374 g/mol. The molecule has 0 spiro atoms. The van der Waals surface area contributed by atoms with E-state index in [-0.39, 0.29) is 11.9 Å². The van der Waals surface area contributed by atoms with Gasteiger partial charge in [0.15, 0.2) is 0 Å². The Bertz CT molecular complexity index is 721. The van der Waals surface area contributed by atoms with Gasteiger partial charge >= 0.3 is 0 Å². The van der Waals surface area contributed by atoms with Crippen molar-refractivity contribution in [3.63, 3.8) is 0 Å². The highest BCUT2D eigenvalue weighted by molar-refractivity contribution is 9.10. The molecule has 1 unspecified atom stereocenters. The highest BCUT2D eigenvalue weighted by Gasteiger charge is 2.28. The number of carbonyl (C=O) groups is 1. The molecule has 23 heavy (non-hydrogen) atoms. The van der Waals surface area contributed by atoms with Crippen molar-refractivity contribution in [2.45, 2.75) is 19.9 Å². The van der Waals surface area contributed by atoms with E-state index in [9.17, 15) is 4.79 Å². The van der Waals surface area contributed by atoms with E-state index in [2.05, 4.69) is 37.7 Å². The molecule has 120 valence electrons. The number of nitrogens with zero attached hydrogens (tertiary/aromatic N) is 4. The summed E-state index contributed by atoms with van der Waals surface area (Å²) in [5, 5.41) is 0. The van der Waals surface area contributed by atoms with Gasteiger partial charge < -0.3 is 9.80 Å². The van der Waals surface area contributed by atoms with Crippen molar-refractivity contribution in [2.24, 2.45) is 0 Å². The zero-order chi connectivity index (χ0) is 16.4. The first-order chi connectivity index (χ1) is 11.0. The molecule has 1 atom stereocenters. The Morgan fingerprint density at radius 3 is 2.83 bits per heavy atom. The summed E-state index contributed by atoms with van der Waals surface area (Å²) in [5.74, 6) is 1.01. The van der Waals surface area contributed by atoms with Gasteiger partial charge in [-0.15, -0.1) is 0 Å². The molecule has 1 aliphatic rings. The predicted molar refractivity (Wildman–Crippen MR) is 93.6 cm³/mol. The van der Waals surface area contributed by atoms with Crippen molar-refractivity contribution in [1.29, 1.82) is 0 Å². The van der Waals surface area contributed by atoms with Crippen molar-refractivity contribution in [2.75, 3.05) is 24.5 Å². The Balaban J connectivity index is 1.72. The molecule has 0 N–H and O–H groups in total. The van der Waals surface area contributed by atoms with Crippen LogP contribution in [-0.4, -0.2) is 46.5 Å². The highest BCUT2D eigenvalue weighted by Crippen LogP contribution is 2.20. The maximum absolute atomic E-state index is 12.7. The lowest BCUT2D eigenvalue weighted by Crippen LogP contribution is -2.54. The topological polar surface area (TPSA) is 49.3 Å². The van der Waals surface area contributed by atoms with Crippen LogP contribution in [-0.2, 0) is 0 Å². The zero-order valence-corrected chi connectivity index (χ0v) is 14.8. The Morgan fingerprint density at radius 1 is 1.30 bits per heavy atom. The van der Waals surface area contributed by atoms with Crippen LogP contribution in [0.3, 0.4) is 0 Å². The van der Waals surface area contributed by atoms with Gasteiger partial charge in [0.05, 0.1) is 5.56 Å². The van der Waals surface area contributed by atoms with E-state index in [1.807, 2.05) is 36.1 Å². The predicted octanol–water partition coefficient (Wildman–Crippen LogP) is 2.90. The Labute approximate surface area is 144 Å². The Morgan fingerprint density at radius 2 is 2.13 bits per heavy atom. The van der Waals surface area contributed by atoms with Gasteiger partial charge in [-0.3, -0.25) is 9.78 Å². The fourth-order valence-electron chi connectivity index (χ4n) is 2.87. The molecule has 0 aliphatic carbocycles. The molecular formula is C17H19BrN4O. The van der Waals surface area contributed by atoms with E-state index >= 15 is 0 Å². The molecule has 3 heterocycles. The maximum atomic E-state index is 12.7. The van der Waals surface area contributed by atoms with Gasteiger partial charge in [0.2, 0.25) is 0 Å². The van der Waals surface area contributed by atoms with Crippen LogP contribution in [0, 0.1) is 6.92 Å². The summed E-state index contributed by atoms with van der Waals surface area (Å²) in [6, 6.07) is 7.98. The summed E-state index contributed by atoms with van der Waals surface area (Å²) in [6.45, 7) is 6.32. The summed E-state index contributed by atoms with van der Waals surface area (Å²) in [6.07, 6.45) is 3.30. The van der Waals surface area contributed by atoms with Gasteiger partial charge in [-0.25, -0.2) is 4.98 Å². The average molecular weight is 375 g/mol. The molecule has 2 aromatic rings. The number of piperazine rings is 1. The molecule has 3 rings (SSSR count). The van der Waals surface area contributed by atoms with Crippen LogP contribution < -0.4 is 4.90 Å². The smallest absolute Gasteiger partial charge is 0.255 e. The molecule has 0 radical (unpaired) electrons. The molecule has 1 fully saturated rings. The highest BCUT2D eigenvalue weighted by atomic mass is 79.9. The van der Waals surface area contributed by atoms with Crippen molar-refractivity contribution in [3.05, 3.63) is 52.4 Å². The minimum Gasteiger partial charge on any atom is -0.353 e. The third kappa shape index (κ3) is 3.52. The lowest BCUT2D eigenvalue weighted by Gasteiger charge is -2.40. The molecule has 0 saturated carbocycles. The maximum Gasteiger partial charge on any atom is 0.255 e. The van der Waals surface area contributed by atoms with Gasteiger partial charge in [-0.2, -0.15) is 0 Å². The second-order valence-corrected chi connectivity index (χ2v) is 6.74. The number of halogens is 1. The first-order valence-corrected chi connectivity index (χ1v) is 8.44. The fraction of sp³-hybridized carbons (Fsp3) is 0.353. The second-order valence-electron chi connectivity index (χ2n) is 5.82. The molecule has 0 aromatic carbocycles. The van der Waals surface area contributed by atoms with Gasteiger partial charge in [-0.1, -0.05) is 6.07 Å². The number of hydrogen-bond donors (Lipinski definition) is 0. The third-order valence-electron chi connectivity index (χ3n) is 4.04. The van der Waals surface area contributed by atoms with E-state index in [0.717, 1.165) is 29.1 Å². The van der Waals surface area contributed by atoms with Crippen LogP contribution in [0.15, 0.2) is 41.1 Å². The number of hydrogen-bond acceptors (Lipinski definition) is 4. The lowest BCUT2D eigenvalue weighted by atomic mass is 10.1. The van der Waals surface area contributed by atoms with Gasteiger partial charge in [-0.05, 0) is 48.0 Å². The molecule has 2 aromatic heterocycles. The molecule has 1 amide bonds. The van der Waals surface area contributed by atoms with Crippen molar-refractivity contribution < 1.29 is 4.79 Å². The minimum absolute atomic E-state index is 0.0307. The van der Waals surface area contributed by atoms with E-state index in [4.69, 9.17) is 0 Å². The average Bonchev–Trinajstić information content (AvgIpc) is 2.54. The minimum atomic E-state index is 0.0307. The van der Waals surface area contributed by atoms with Gasteiger partial charge in [0.1, 0.15) is 5.82 Å². The van der Waals surface area contributed by atoms with Gasteiger partial charge in [0.25, 0.3) is 5.91 Å². The van der Waals surface area contributed by atoms with Crippen LogP contribution in [0.5, 0.6) is 0 Å². The largest absolute Gasteiger partial charge is 0.353 e. The van der Waals surface area contributed by atoms with Crippen LogP contribution in [0.25, 0.3) is 0 Å². The van der Waals surface area contributed by atoms with E-state index in [1.54, 1.807) is 12.4 Å². The number of aromatic nitrogens is 2. The molecule has 1 aliphatic heterocycles. The molecule has 6 heteroatoms. The number of anilines is 1. The zero-order valence-electron chi connectivity index (χ0n) is 13.2. The first-order valence-electron chi connectivity index (χ1n) is 7.65. The number of aryl methyl sites for hydroxylation is 1. The summed E-state index contributed by atoms with van der Waals surface area (Å²) in [5.41, 5.74) is 1.63. The normalized spacial score (nSPS) is 18.1. The van der Waals surface area contributed by atoms with Crippen molar-refractivity contribution >= 4 is 27.7 Å². The van der Waals surface area contributed by atoms with Crippen LogP contribution >= 0.6 is 15.9 Å². The van der Waals surface area contributed by atoms with Crippen LogP contribution in [0.2, 0.25) is 0 Å². The summed E-state index contributed by atoms with van der Waals surface area (Å²) < 4.78 is 0.818. The molecule has 0 bridgehead atoms. The number of carbonyl (C=O) groups excluding carboxylic acids is 1. The molecular weight excluding hydrogens is 356 g/mol. The quantitative estimate of drug-likeness (QED) is 0.810. The Kier molecular flexibility index (Phi) is 4.61. The molecule has 1 saturated heterocycles. The van der Waals surface area contributed by atoms with Gasteiger partial charge in [0, 0.05) is 48.2 Å². The molecule has 5 nitrogen and oxygen atoms in total. The van der Waals surface area contributed by atoms with E-state index in [1.165, 1.54) is 0 Å². The van der Waals surface area contributed by atoms with Crippen molar-refractivity contribution in [3.8, 4) is 0 Å². The Hall–Kier alpha value is -1.95. The standard InChI is InChI=1S/C17H19BrN4O/c1-12-4-3-5-16(20-12)21-6-7-22(13(2)11-21)17(23)14-8-15(18)10-19-9-14/h3-5,8-10,13H,6-7,11H2,1-2H3. The SMILES string of the molecule is Cc1cccc(N2CCN(C(=O)c3cncc(Br)c3)C(C)C2)n1. The number of pyridine rings is 2. The van der Waals surface area contributed by atoms with E-state index in [0.29, 0.717) is 12.1 Å². The summed E-state index contributed by atoms with van der Waals surface area (Å²) in [4.78, 5) is 25.5. The number of rotatable bonds is 2. The van der Waals surface area contributed by atoms with Crippen molar-refractivity contribution in [1.82, 2.24) is 14.9 Å². The van der Waals surface area contributed by atoms with E-state index < -0.39 is 0 Å². The first kappa shape index (κ1) is 15.9. The lowest BCUT2D eigenvalue weighted by molar-refractivity contribution is 0.0673. The summed E-state index contributed by atoms with van der Waals surface area (Å²) >= 11 is 3.37. The van der Waals surface area contributed by atoms with Crippen LogP contribution in [0.4, 0.5) is 5.82 Å². The second kappa shape index (κ2) is 6.66. The summed E-state index contributed by atoms with van der Waals surface area (Å²) in [7, 11) is 0. The van der Waals surface area contributed by atoms with Crippen LogP contribution in [0.1, 0.15) is 23.0 Å². The number of amides is 1. The third-order valence-corrected chi connectivity index (χ3v) is 4.47.